The number of nitrogens with one attached hydrogen (secondary N) is 1. The second kappa shape index (κ2) is 5.11. The highest BCUT2D eigenvalue weighted by Gasteiger charge is 2.28. The van der Waals surface area contributed by atoms with Gasteiger partial charge in [0.1, 0.15) is 0 Å². The first-order chi connectivity index (χ1) is 8.91. The highest BCUT2D eigenvalue weighted by Crippen LogP contribution is 2.34. The first kappa shape index (κ1) is 13.7. The summed E-state index contributed by atoms with van der Waals surface area (Å²) in [4.78, 5) is 13.4. The van der Waals surface area contributed by atoms with Gasteiger partial charge in [-0.25, -0.2) is 0 Å². The summed E-state index contributed by atoms with van der Waals surface area (Å²) in [6.45, 7) is 2.23. The summed E-state index contributed by atoms with van der Waals surface area (Å²) in [5.41, 5.74) is 8.40. The molecule has 1 amide bonds. The molecular formula is C15H23N3O. The van der Waals surface area contributed by atoms with Crippen LogP contribution in [0.25, 0.3) is 0 Å². The minimum Gasteiger partial charge on any atom is -0.397 e. The van der Waals surface area contributed by atoms with Crippen molar-refractivity contribution in [2.24, 2.45) is 0 Å². The fourth-order valence-electron chi connectivity index (χ4n) is 2.67. The third-order valence-corrected chi connectivity index (χ3v) is 3.85. The van der Waals surface area contributed by atoms with Gasteiger partial charge in [0.25, 0.3) is 5.91 Å². The summed E-state index contributed by atoms with van der Waals surface area (Å²) in [6, 6.07) is 5.50. The van der Waals surface area contributed by atoms with Crippen LogP contribution in [0.1, 0.15) is 43.0 Å². The zero-order valence-corrected chi connectivity index (χ0v) is 12.0. The van der Waals surface area contributed by atoms with E-state index in [9.17, 15) is 4.79 Å². The Morgan fingerprint density at radius 1 is 1.32 bits per heavy atom. The molecule has 1 fully saturated rings. The highest BCUT2D eigenvalue weighted by molar-refractivity contribution is 5.95. The number of rotatable bonds is 3. The third-order valence-electron chi connectivity index (χ3n) is 3.85. The van der Waals surface area contributed by atoms with Gasteiger partial charge in [-0.2, -0.15) is 0 Å². The molecule has 4 heteroatoms. The molecule has 0 saturated heterocycles. The Hall–Kier alpha value is -1.71. The van der Waals surface area contributed by atoms with E-state index in [0.717, 1.165) is 5.69 Å². The molecule has 0 aromatic heterocycles. The van der Waals surface area contributed by atoms with E-state index >= 15 is 0 Å². The zero-order chi connectivity index (χ0) is 14.0. The van der Waals surface area contributed by atoms with E-state index in [2.05, 4.69) is 12.2 Å². The Kier molecular flexibility index (Phi) is 3.69. The molecule has 0 radical (unpaired) electrons. The van der Waals surface area contributed by atoms with Gasteiger partial charge < -0.3 is 16.0 Å². The summed E-state index contributed by atoms with van der Waals surface area (Å²) in [6.07, 6.45) is 4.87. The number of nitrogens with two attached hydrogens (primary N) is 1. The lowest BCUT2D eigenvalue weighted by Crippen LogP contribution is -2.31. The number of nitrogens with zero attached hydrogens (tertiary/aromatic N) is 1. The lowest BCUT2D eigenvalue weighted by Gasteiger charge is -2.27. The average Bonchev–Trinajstić information content (AvgIpc) is 2.77. The number of anilines is 2. The number of nitrogen functional groups attached to an aromatic ring is 1. The third kappa shape index (κ3) is 3.00. The minimum atomic E-state index is -0.0228. The van der Waals surface area contributed by atoms with Crippen LogP contribution in [0.15, 0.2) is 18.2 Å². The predicted octanol–water partition coefficient (Wildman–Crippen LogP) is 2.72. The van der Waals surface area contributed by atoms with E-state index in [-0.39, 0.29) is 11.4 Å². The van der Waals surface area contributed by atoms with Crippen molar-refractivity contribution in [2.45, 2.75) is 38.1 Å². The van der Waals surface area contributed by atoms with Crippen LogP contribution in [0, 0.1) is 0 Å². The van der Waals surface area contributed by atoms with Crippen molar-refractivity contribution >= 4 is 17.3 Å². The van der Waals surface area contributed by atoms with Crippen molar-refractivity contribution in [1.82, 2.24) is 4.90 Å². The second-order valence-corrected chi connectivity index (χ2v) is 5.89. The van der Waals surface area contributed by atoms with Gasteiger partial charge >= 0.3 is 0 Å². The number of benzene rings is 1. The summed E-state index contributed by atoms with van der Waals surface area (Å²) in [7, 11) is 3.48. The Labute approximate surface area is 115 Å². The minimum absolute atomic E-state index is 0.0228. The number of carbonyl (C=O) groups is 1. The Morgan fingerprint density at radius 3 is 2.47 bits per heavy atom. The van der Waals surface area contributed by atoms with Crippen molar-refractivity contribution in [3.63, 3.8) is 0 Å². The normalized spacial score (nSPS) is 17.2. The molecule has 1 saturated carbocycles. The number of hydrogen-bond acceptors (Lipinski definition) is 3. The molecule has 0 atom stereocenters. The SMILES string of the molecule is CN(C)C(=O)c1ccc(NC2(C)CCCC2)c(N)c1. The first-order valence-electron chi connectivity index (χ1n) is 6.81. The molecule has 0 heterocycles. The maximum atomic E-state index is 11.9. The van der Waals surface area contributed by atoms with E-state index in [1.165, 1.54) is 25.7 Å². The van der Waals surface area contributed by atoms with Crippen molar-refractivity contribution in [2.75, 3.05) is 25.1 Å². The van der Waals surface area contributed by atoms with E-state index in [1.54, 1.807) is 25.1 Å². The van der Waals surface area contributed by atoms with Crippen LogP contribution >= 0.6 is 0 Å². The summed E-state index contributed by atoms with van der Waals surface area (Å²) in [5, 5.41) is 3.53. The fraction of sp³-hybridized carbons (Fsp3) is 0.533. The molecule has 19 heavy (non-hydrogen) atoms. The topological polar surface area (TPSA) is 58.4 Å². The van der Waals surface area contributed by atoms with Gasteiger partial charge in [-0.3, -0.25) is 4.79 Å². The van der Waals surface area contributed by atoms with Crippen LogP contribution in [0.5, 0.6) is 0 Å². The molecule has 104 valence electrons. The van der Waals surface area contributed by atoms with Crippen LogP contribution in [-0.2, 0) is 0 Å². The Morgan fingerprint density at radius 2 is 1.95 bits per heavy atom. The molecule has 0 unspecified atom stereocenters. The van der Waals surface area contributed by atoms with Gasteiger partial charge in [0.05, 0.1) is 11.4 Å². The maximum absolute atomic E-state index is 11.9. The number of amides is 1. The monoisotopic (exact) mass is 261 g/mol. The quantitative estimate of drug-likeness (QED) is 0.822. The lowest BCUT2D eigenvalue weighted by molar-refractivity contribution is 0.0827. The van der Waals surface area contributed by atoms with Crippen molar-refractivity contribution in [1.29, 1.82) is 0 Å². The lowest BCUT2D eigenvalue weighted by atomic mass is 9.99. The van der Waals surface area contributed by atoms with E-state index in [0.29, 0.717) is 11.3 Å². The molecular weight excluding hydrogens is 238 g/mol. The summed E-state index contributed by atoms with van der Waals surface area (Å²) in [5.74, 6) is -0.0228. The van der Waals surface area contributed by atoms with Crippen LogP contribution in [0.4, 0.5) is 11.4 Å². The molecule has 1 aliphatic carbocycles. The molecule has 2 rings (SSSR count). The largest absolute Gasteiger partial charge is 0.397 e. The second-order valence-electron chi connectivity index (χ2n) is 5.89. The maximum Gasteiger partial charge on any atom is 0.253 e. The van der Waals surface area contributed by atoms with Gasteiger partial charge in [0.2, 0.25) is 0 Å². The van der Waals surface area contributed by atoms with Gasteiger partial charge in [0, 0.05) is 25.2 Å². The summed E-state index contributed by atoms with van der Waals surface area (Å²) >= 11 is 0. The van der Waals surface area contributed by atoms with Gasteiger partial charge in [0.15, 0.2) is 0 Å². The van der Waals surface area contributed by atoms with Gasteiger partial charge in [-0.15, -0.1) is 0 Å². The molecule has 1 aromatic carbocycles. The number of hydrogen-bond donors (Lipinski definition) is 2. The zero-order valence-electron chi connectivity index (χ0n) is 12.0. The Bertz CT molecular complexity index is 476. The van der Waals surface area contributed by atoms with Crippen LogP contribution in [0.3, 0.4) is 0 Å². The molecule has 0 spiro atoms. The molecule has 4 nitrogen and oxygen atoms in total. The van der Waals surface area contributed by atoms with E-state index < -0.39 is 0 Å². The Balaban J connectivity index is 2.17. The smallest absolute Gasteiger partial charge is 0.253 e. The van der Waals surface area contributed by atoms with Crippen molar-refractivity contribution in [3.8, 4) is 0 Å². The summed E-state index contributed by atoms with van der Waals surface area (Å²) < 4.78 is 0. The molecule has 1 aromatic rings. The van der Waals surface area contributed by atoms with E-state index in [4.69, 9.17) is 5.73 Å². The van der Waals surface area contributed by atoms with Gasteiger partial charge in [-0.1, -0.05) is 12.8 Å². The van der Waals surface area contributed by atoms with Crippen LogP contribution < -0.4 is 11.1 Å². The fourth-order valence-corrected chi connectivity index (χ4v) is 2.67. The van der Waals surface area contributed by atoms with Gasteiger partial charge in [-0.05, 0) is 38.0 Å². The molecule has 3 N–H and O–H groups in total. The highest BCUT2D eigenvalue weighted by atomic mass is 16.2. The average molecular weight is 261 g/mol. The standard InChI is InChI=1S/C15H23N3O/c1-15(8-4-5-9-15)17-13-7-6-11(10-12(13)16)14(19)18(2)3/h6-7,10,17H,4-5,8-9,16H2,1-3H3. The first-order valence-corrected chi connectivity index (χ1v) is 6.81. The molecule has 0 aliphatic heterocycles. The van der Waals surface area contributed by atoms with Crippen molar-refractivity contribution in [3.05, 3.63) is 23.8 Å². The predicted molar refractivity (Wildman–Crippen MR) is 79.4 cm³/mol. The molecule has 1 aliphatic rings. The van der Waals surface area contributed by atoms with E-state index in [1.807, 2.05) is 12.1 Å². The van der Waals surface area contributed by atoms with Crippen LogP contribution in [-0.4, -0.2) is 30.4 Å². The number of carbonyl (C=O) groups excluding carboxylic acids is 1. The van der Waals surface area contributed by atoms with Crippen LogP contribution in [0.2, 0.25) is 0 Å². The van der Waals surface area contributed by atoms with Crippen molar-refractivity contribution < 1.29 is 4.79 Å². The molecule has 0 bridgehead atoms.